The number of thiophene rings is 1. The molecule has 7 nitrogen and oxygen atoms in total. The van der Waals surface area contributed by atoms with Crippen molar-refractivity contribution in [3.05, 3.63) is 40.2 Å². The van der Waals surface area contributed by atoms with Gasteiger partial charge in [-0.3, -0.25) is 14.5 Å². The van der Waals surface area contributed by atoms with Gasteiger partial charge in [0, 0.05) is 28.7 Å². The molecule has 1 N–H and O–H groups in total. The molecule has 2 amide bonds. The molecule has 2 heterocycles. The van der Waals surface area contributed by atoms with E-state index in [-0.39, 0.29) is 23.6 Å². The fourth-order valence-corrected chi connectivity index (χ4v) is 5.05. The SMILES string of the molecule is COc1cc(NC2=C(c3cccs3)C(=O)N(C3CCCCC3)C2=O)cc(OC)c1OC. The maximum absolute atomic E-state index is 13.5. The smallest absolute Gasteiger partial charge is 0.278 e. The first-order valence-electron chi connectivity index (χ1n) is 10.3. The molecule has 0 saturated heterocycles. The lowest BCUT2D eigenvalue weighted by Crippen LogP contribution is -2.42. The summed E-state index contributed by atoms with van der Waals surface area (Å²) in [5.74, 6) is 0.871. The topological polar surface area (TPSA) is 77.1 Å². The summed E-state index contributed by atoms with van der Waals surface area (Å²) in [6.07, 6.45) is 4.92. The van der Waals surface area contributed by atoms with Gasteiger partial charge in [-0.05, 0) is 24.3 Å². The standard InChI is InChI=1S/C23H26N2O5S/c1-28-16-12-14(13-17(29-2)21(16)30-3)24-20-19(18-10-7-11-31-18)22(26)25(23(20)27)15-8-5-4-6-9-15/h7,10-13,15,24H,4-6,8-9H2,1-3H3. The zero-order valence-corrected chi connectivity index (χ0v) is 18.7. The number of ether oxygens (including phenoxy) is 3. The summed E-state index contributed by atoms with van der Waals surface area (Å²) in [5, 5.41) is 5.09. The van der Waals surface area contributed by atoms with Gasteiger partial charge in [0.2, 0.25) is 5.75 Å². The minimum absolute atomic E-state index is 0.0528. The summed E-state index contributed by atoms with van der Waals surface area (Å²) in [6.45, 7) is 0. The molecule has 8 heteroatoms. The van der Waals surface area contributed by atoms with Crippen LogP contribution in [0.2, 0.25) is 0 Å². The van der Waals surface area contributed by atoms with E-state index in [9.17, 15) is 9.59 Å². The minimum atomic E-state index is -0.283. The maximum Gasteiger partial charge on any atom is 0.278 e. The highest BCUT2D eigenvalue weighted by Gasteiger charge is 2.43. The second-order valence-corrected chi connectivity index (χ2v) is 8.49. The van der Waals surface area contributed by atoms with Gasteiger partial charge in [0.15, 0.2) is 11.5 Å². The molecule has 0 atom stereocenters. The first kappa shape index (κ1) is 21.2. The summed E-state index contributed by atoms with van der Waals surface area (Å²) < 4.78 is 16.2. The molecule has 31 heavy (non-hydrogen) atoms. The summed E-state index contributed by atoms with van der Waals surface area (Å²) in [5.41, 5.74) is 1.27. The van der Waals surface area contributed by atoms with Gasteiger partial charge < -0.3 is 19.5 Å². The predicted molar refractivity (Wildman–Crippen MR) is 120 cm³/mol. The lowest BCUT2D eigenvalue weighted by molar-refractivity contribution is -0.140. The van der Waals surface area contributed by atoms with Crippen molar-refractivity contribution in [2.75, 3.05) is 26.6 Å². The number of amides is 2. The maximum atomic E-state index is 13.5. The van der Waals surface area contributed by atoms with E-state index in [4.69, 9.17) is 14.2 Å². The Kier molecular flexibility index (Phi) is 6.18. The summed E-state index contributed by atoms with van der Waals surface area (Å²) in [4.78, 5) is 29.1. The van der Waals surface area contributed by atoms with Crippen LogP contribution in [0.4, 0.5) is 5.69 Å². The van der Waals surface area contributed by atoms with Crippen molar-refractivity contribution in [3.63, 3.8) is 0 Å². The van der Waals surface area contributed by atoms with Crippen LogP contribution < -0.4 is 19.5 Å². The second-order valence-electron chi connectivity index (χ2n) is 7.54. The zero-order valence-electron chi connectivity index (χ0n) is 17.9. The normalized spacial score (nSPS) is 17.3. The van der Waals surface area contributed by atoms with Crippen molar-refractivity contribution < 1.29 is 23.8 Å². The van der Waals surface area contributed by atoms with Crippen molar-refractivity contribution in [1.82, 2.24) is 4.90 Å². The van der Waals surface area contributed by atoms with E-state index in [0.717, 1.165) is 37.0 Å². The fourth-order valence-electron chi connectivity index (χ4n) is 4.28. The number of rotatable bonds is 7. The van der Waals surface area contributed by atoms with Gasteiger partial charge >= 0.3 is 0 Å². The average molecular weight is 443 g/mol. The Hall–Kier alpha value is -3.00. The van der Waals surface area contributed by atoms with Crippen LogP contribution in [-0.4, -0.2) is 44.1 Å². The van der Waals surface area contributed by atoms with Crippen LogP contribution in [0.5, 0.6) is 17.2 Å². The Labute approximate surface area is 185 Å². The predicted octanol–water partition coefficient (Wildman–Crippen LogP) is 4.30. The number of benzene rings is 1. The highest BCUT2D eigenvalue weighted by molar-refractivity contribution is 7.11. The van der Waals surface area contributed by atoms with Crippen LogP contribution in [0, 0.1) is 0 Å². The van der Waals surface area contributed by atoms with Gasteiger partial charge in [-0.15, -0.1) is 11.3 Å². The highest BCUT2D eigenvalue weighted by atomic mass is 32.1. The lowest BCUT2D eigenvalue weighted by Gasteiger charge is -2.29. The molecule has 0 bridgehead atoms. The van der Waals surface area contributed by atoms with E-state index in [1.807, 2.05) is 17.5 Å². The summed E-state index contributed by atoms with van der Waals surface area (Å²) in [6, 6.07) is 7.14. The van der Waals surface area contributed by atoms with E-state index in [2.05, 4.69) is 5.32 Å². The number of hydrogen-bond donors (Lipinski definition) is 1. The monoisotopic (exact) mass is 442 g/mol. The molecule has 0 radical (unpaired) electrons. The Morgan fingerprint density at radius 3 is 2.19 bits per heavy atom. The zero-order chi connectivity index (χ0) is 22.0. The van der Waals surface area contributed by atoms with Gasteiger partial charge in [0.1, 0.15) is 5.70 Å². The summed E-state index contributed by atoms with van der Waals surface area (Å²) in [7, 11) is 4.60. The third-order valence-electron chi connectivity index (χ3n) is 5.76. The Morgan fingerprint density at radius 2 is 1.65 bits per heavy atom. The van der Waals surface area contributed by atoms with Crippen molar-refractivity contribution in [2.45, 2.75) is 38.1 Å². The fraction of sp³-hybridized carbons (Fsp3) is 0.391. The van der Waals surface area contributed by atoms with Crippen molar-refractivity contribution in [2.24, 2.45) is 0 Å². The van der Waals surface area contributed by atoms with Crippen LogP contribution in [0.1, 0.15) is 37.0 Å². The third kappa shape index (κ3) is 3.87. The van der Waals surface area contributed by atoms with Crippen LogP contribution >= 0.6 is 11.3 Å². The number of nitrogens with zero attached hydrogens (tertiary/aromatic N) is 1. The molecule has 1 saturated carbocycles. The number of methoxy groups -OCH3 is 3. The molecule has 1 aliphatic heterocycles. The van der Waals surface area contributed by atoms with Gasteiger partial charge in [-0.2, -0.15) is 0 Å². The van der Waals surface area contributed by atoms with Crippen molar-refractivity contribution in [1.29, 1.82) is 0 Å². The van der Waals surface area contributed by atoms with Crippen LogP contribution in [0.15, 0.2) is 35.3 Å². The number of hydrogen-bond acceptors (Lipinski definition) is 7. The molecule has 0 unspecified atom stereocenters. The van der Waals surface area contributed by atoms with E-state index >= 15 is 0 Å². The molecule has 1 fully saturated rings. The molecule has 0 spiro atoms. The first-order valence-corrected chi connectivity index (χ1v) is 11.2. The second kappa shape index (κ2) is 9.01. The van der Waals surface area contributed by atoms with Gasteiger partial charge in [-0.25, -0.2) is 0 Å². The van der Waals surface area contributed by atoms with Crippen molar-refractivity contribution >= 4 is 34.4 Å². The first-order chi connectivity index (χ1) is 15.1. The third-order valence-corrected chi connectivity index (χ3v) is 6.64. The Balaban J connectivity index is 1.75. The van der Waals surface area contributed by atoms with E-state index in [1.165, 1.54) is 37.6 Å². The van der Waals surface area contributed by atoms with E-state index in [1.54, 1.807) is 12.1 Å². The van der Waals surface area contributed by atoms with Crippen LogP contribution in [-0.2, 0) is 9.59 Å². The van der Waals surface area contributed by atoms with E-state index in [0.29, 0.717) is 28.5 Å². The van der Waals surface area contributed by atoms with E-state index < -0.39 is 0 Å². The lowest BCUT2D eigenvalue weighted by atomic mass is 9.94. The molecule has 1 aliphatic carbocycles. The molecule has 1 aromatic carbocycles. The molecule has 164 valence electrons. The van der Waals surface area contributed by atoms with Gasteiger partial charge in [0.25, 0.3) is 11.8 Å². The minimum Gasteiger partial charge on any atom is -0.493 e. The average Bonchev–Trinajstić information content (AvgIpc) is 3.40. The van der Waals surface area contributed by atoms with Crippen molar-refractivity contribution in [3.8, 4) is 17.2 Å². The molecule has 4 rings (SSSR count). The number of anilines is 1. The van der Waals surface area contributed by atoms with Gasteiger partial charge in [-0.1, -0.05) is 25.3 Å². The van der Waals surface area contributed by atoms with Crippen LogP contribution in [0.3, 0.4) is 0 Å². The highest BCUT2D eigenvalue weighted by Crippen LogP contribution is 2.42. The van der Waals surface area contributed by atoms with Crippen LogP contribution in [0.25, 0.3) is 5.57 Å². The quantitative estimate of drug-likeness (QED) is 0.645. The molecule has 1 aromatic heterocycles. The molecule has 2 aliphatic rings. The number of carbonyl (C=O) groups excluding carboxylic acids is 2. The molecular formula is C23H26N2O5S. The summed E-state index contributed by atoms with van der Waals surface area (Å²) >= 11 is 1.44. The van der Waals surface area contributed by atoms with Gasteiger partial charge in [0.05, 0.1) is 26.9 Å². The Bertz CT molecular complexity index is 984. The number of nitrogens with one attached hydrogen (secondary N) is 1. The Morgan fingerprint density at radius 1 is 0.968 bits per heavy atom. The number of carbonyl (C=O) groups is 2. The number of imide groups is 1. The molecule has 2 aromatic rings. The molecular weight excluding hydrogens is 416 g/mol. The largest absolute Gasteiger partial charge is 0.493 e.